The second-order valence-corrected chi connectivity index (χ2v) is 3.82. The zero-order chi connectivity index (χ0) is 11.0. The van der Waals surface area contributed by atoms with Gasteiger partial charge in [0.05, 0.1) is 16.4 Å². The third-order valence-electron chi connectivity index (χ3n) is 2.47. The fourth-order valence-electron chi connectivity index (χ4n) is 1.67. The van der Waals surface area contributed by atoms with Crippen LogP contribution in [0.25, 0.3) is 0 Å². The third-order valence-corrected chi connectivity index (χ3v) is 2.87. The molecule has 1 aliphatic heterocycles. The van der Waals surface area contributed by atoms with Crippen LogP contribution in [0.2, 0.25) is 5.02 Å². The van der Waals surface area contributed by atoms with Gasteiger partial charge < -0.3 is 10.6 Å². The summed E-state index contributed by atoms with van der Waals surface area (Å²) in [5, 5.41) is 0.116. The zero-order valence-corrected chi connectivity index (χ0v) is 8.72. The van der Waals surface area contributed by atoms with Gasteiger partial charge in [-0.1, -0.05) is 11.6 Å². The molecule has 1 amide bonds. The van der Waals surface area contributed by atoms with Crippen molar-refractivity contribution in [1.82, 2.24) is 0 Å². The van der Waals surface area contributed by atoms with Crippen molar-refractivity contribution in [1.29, 1.82) is 0 Å². The molecule has 1 aliphatic rings. The molecule has 0 radical (unpaired) electrons. The smallest absolute Gasteiger partial charge is 0.227 e. The number of nitrogens with zero attached hydrogens (tertiary/aromatic N) is 1. The molecule has 3 nitrogen and oxygen atoms in total. The van der Waals surface area contributed by atoms with E-state index >= 15 is 0 Å². The van der Waals surface area contributed by atoms with Gasteiger partial charge in [0, 0.05) is 13.0 Å². The minimum atomic E-state index is -0.560. The summed E-state index contributed by atoms with van der Waals surface area (Å²) in [4.78, 5) is 13.0. The standard InChI is InChI=1S/C10H10ClFN2O/c11-9-7(4-3-6(12)10(9)13)14-5-1-2-8(14)15/h3-4H,1-2,5,13H2. The van der Waals surface area contributed by atoms with E-state index in [0.717, 1.165) is 6.42 Å². The lowest BCUT2D eigenvalue weighted by molar-refractivity contribution is -0.117. The molecule has 1 heterocycles. The van der Waals surface area contributed by atoms with E-state index in [0.29, 0.717) is 18.7 Å². The molecule has 5 heteroatoms. The Morgan fingerprint density at radius 1 is 1.47 bits per heavy atom. The van der Waals surface area contributed by atoms with E-state index in [1.165, 1.54) is 17.0 Å². The maximum atomic E-state index is 13.0. The van der Waals surface area contributed by atoms with Gasteiger partial charge in [0.2, 0.25) is 5.91 Å². The van der Waals surface area contributed by atoms with E-state index in [1.54, 1.807) is 0 Å². The molecular formula is C10H10ClFN2O. The van der Waals surface area contributed by atoms with E-state index in [4.69, 9.17) is 17.3 Å². The lowest BCUT2D eigenvalue weighted by Crippen LogP contribution is -2.24. The van der Waals surface area contributed by atoms with Gasteiger partial charge in [-0.2, -0.15) is 0 Å². The fourth-order valence-corrected chi connectivity index (χ4v) is 1.92. The Bertz CT molecular complexity index is 422. The van der Waals surface area contributed by atoms with Crippen LogP contribution in [0.4, 0.5) is 15.8 Å². The third kappa shape index (κ3) is 1.65. The monoisotopic (exact) mass is 228 g/mol. The quantitative estimate of drug-likeness (QED) is 0.749. The Morgan fingerprint density at radius 2 is 2.20 bits per heavy atom. The number of benzene rings is 1. The molecule has 1 fully saturated rings. The van der Waals surface area contributed by atoms with Crippen LogP contribution in [0.15, 0.2) is 12.1 Å². The normalized spacial score (nSPS) is 16.1. The molecule has 0 unspecified atom stereocenters. The first kappa shape index (κ1) is 10.2. The molecular weight excluding hydrogens is 219 g/mol. The number of nitrogen functional groups attached to an aromatic ring is 1. The average Bonchev–Trinajstić information content (AvgIpc) is 2.62. The predicted molar refractivity (Wildman–Crippen MR) is 57.4 cm³/mol. The first-order valence-electron chi connectivity index (χ1n) is 4.65. The van der Waals surface area contributed by atoms with Crippen molar-refractivity contribution in [3.05, 3.63) is 23.0 Å². The van der Waals surface area contributed by atoms with Crippen molar-refractivity contribution in [2.24, 2.45) is 0 Å². The first-order chi connectivity index (χ1) is 7.11. The molecule has 0 saturated carbocycles. The second-order valence-electron chi connectivity index (χ2n) is 3.44. The van der Waals surface area contributed by atoms with E-state index in [1.807, 2.05) is 0 Å². The number of amides is 1. The van der Waals surface area contributed by atoms with Crippen LogP contribution in [-0.2, 0) is 4.79 Å². The van der Waals surface area contributed by atoms with E-state index in [9.17, 15) is 9.18 Å². The molecule has 1 aromatic rings. The van der Waals surface area contributed by atoms with Crippen molar-refractivity contribution in [2.45, 2.75) is 12.8 Å². The minimum absolute atomic E-state index is 0.00269. The Hall–Kier alpha value is -1.29. The summed E-state index contributed by atoms with van der Waals surface area (Å²) in [6.07, 6.45) is 1.31. The Kier molecular flexibility index (Phi) is 2.52. The summed E-state index contributed by atoms with van der Waals surface area (Å²) >= 11 is 5.88. The largest absolute Gasteiger partial charge is 0.395 e. The van der Waals surface area contributed by atoms with Gasteiger partial charge in [0.15, 0.2) is 0 Å². The van der Waals surface area contributed by atoms with Crippen molar-refractivity contribution >= 4 is 28.9 Å². The number of nitrogens with two attached hydrogens (primary N) is 1. The van der Waals surface area contributed by atoms with Crippen LogP contribution in [0.1, 0.15) is 12.8 Å². The minimum Gasteiger partial charge on any atom is -0.395 e. The Morgan fingerprint density at radius 3 is 2.80 bits per heavy atom. The van der Waals surface area contributed by atoms with Crippen LogP contribution in [0.3, 0.4) is 0 Å². The maximum absolute atomic E-state index is 13.0. The number of rotatable bonds is 1. The van der Waals surface area contributed by atoms with E-state index in [-0.39, 0.29) is 16.6 Å². The van der Waals surface area contributed by atoms with Gasteiger partial charge in [-0.25, -0.2) is 4.39 Å². The number of halogens is 2. The molecule has 80 valence electrons. The molecule has 2 rings (SSSR count). The Balaban J connectivity index is 2.45. The highest BCUT2D eigenvalue weighted by Gasteiger charge is 2.24. The number of hydrogen-bond donors (Lipinski definition) is 1. The molecule has 0 aromatic heterocycles. The maximum Gasteiger partial charge on any atom is 0.227 e. The molecule has 0 aliphatic carbocycles. The Labute approximate surface area is 91.6 Å². The number of hydrogen-bond acceptors (Lipinski definition) is 2. The van der Waals surface area contributed by atoms with Gasteiger partial charge in [-0.15, -0.1) is 0 Å². The second kappa shape index (κ2) is 3.70. The van der Waals surface area contributed by atoms with Crippen LogP contribution >= 0.6 is 11.6 Å². The van der Waals surface area contributed by atoms with Crippen molar-refractivity contribution in [3.8, 4) is 0 Å². The topological polar surface area (TPSA) is 46.3 Å². The first-order valence-corrected chi connectivity index (χ1v) is 5.03. The van der Waals surface area contributed by atoms with Gasteiger partial charge >= 0.3 is 0 Å². The summed E-state index contributed by atoms with van der Waals surface area (Å²) < 4.78 is 13.0. The van der Waals surface area contributed by atoms with Gasteiger partial charge in [-0.3, -0.25) is 4.79 Å². The molecule has 0 atom stereocenters. The summed E-state index contributed by atoms with van der Waals surface area (Å²) in [6.45, 7) is 0.615. The van der Waals surface area contributed by atoms with Crippen LogP contribution in [0.5, 0.6) is 0 Å². The molecule has 1 aromatic carbocycles. The summed E-state index contributed by atoms with van der Waals surface area (Å²) in [5.74, 6) is -0.557. The zero-order valence-electron chi connectivity index (χ0n) is 7.96. The molecule has 0 spiro atoms. The van der Waals surface area contributed by atoms with Gasteiger partial charge in [-0.05, 0) is 18.6 Å². The lowest BCUT2D eigenvalue weighted by atomic mass is 10.2. The van der Waals surface area contributed by atoms with Crippen molar-refractivity contribution in [2.75, 3.05) is 17.2 Å². The van der Waals surface area contributed by atoms with E-state index in [2.05, 4.69) is 0 Å². The SMILES string of the molecule is Nc1c(F)ccc(N2CCCC2=O)c1Cl. The van der Waals surface area contributed by atoms with Crippen LogP contribution in [0, 0.1) is 5.82 Å². The lowest BCUT2D eigenvalue weighted by Gasteiger charge is -2.18. The van der Waals surface area contributed by atoms with Crippen LogP contribution in [-0.4, -0.2) is 12.5 Å². The van der Waals surface area contributed by atoms with Crippen molar-refractivity contribution < 1.29 is 9.18 Å². The summed E-state index contributed by atoms with van der Waals surface area (Å²) in [5.41, 5.74) is 5.85. The molecule has 0 bridgehead atoms. The fraction of sp³-hybridized carbons (Fsp3) is 0.300. The summed E-state index contributed by atoms with van der Waals surface area (Å²) in [6, 6.07) is 2.71. The number of anilines is 2. The molecule has 1 saturated heterocycles. The van der Waals surface area contributed by atoms with Gasteiger partial charge in [0.25, 0.3) is 0 Å². The highest BCUT2D eigenvalue weighted by molar-refractivity contribution is 6.36. The number of carbonyl (C=O) groups is 1. The summed E-state index contributed by atoms with van der Waals surface area (Å²) in [7, 11) is 0. The average molecular weight is 229 g/mol. The predicted octanol–water partition coefficient (Wildman–Crippen LogP) is 2.19. The van der Waals surface area contributed by atoms with E-state index < -0.39 is 5.82 Å². The molecule has 15 heavy (non-hydrogen) atoms. The van der Waals surface area contributed by atoms with Crippen LogP contribution < -0.4 is 10.6 Å². The molecule has 2 N–H and O–H groups in total. The highest BCUT2D eigenvalue weighted by atomic mass is 35.5. The van der Waals surface area contributed by atoms with Gasteiger partial charge in [0.1, 0.15) is 5.82 Å². The van der Waals surface area contributed by atoms with Crippen molar-refractivity contribution in [3.63, 3.8) is 0 Å². The number of carbonyl (C=O) groups excluding carboxylic acids is 1. The highest BCUT2D eigenvalue weighted by Crippen LogP contribution is 2.34.